The Morgan fingerprint density at radius 2 is 2.40 bits per heavy atom. The van der Waals surface area contributed by atoms with Crippen molar-refractivity contribution in [3.63, 3.8) is 0 Å². The van der Waals surface area contributed by atoms with E-state index in [1.54, 1.807) is 6.92 Å². The minimum absolute atomic E-state index is 0.0903. The van der Waals surface area contributed by atoms with Gasteiger partial charge in [0.05, 0.1) is 25.8 Å². The number of hydrogen-bond acceptors (Lipinski definition) is 3. The molecule has 4 nitrogen and oxygen atoms in total. The summed E-state index contributed by atoms with van der Waals surface area (Å²) in [4.78, 5) is 12.2. The van der Waals surface area contributed by atoms with E-state index in [0.717, 1.165) is 0 Å². The molecule has 1 N–H and O–H groups in total. The highest BCUT2D eigenvalue weighted by Crippen LogP contribution is 2.17. The Morgan fingerprint density at radius 1 is 1.80 bits per heavy atom. The van der Waals surface area contributed by atoms with E-state index in [1.807, 2.05) is 0 Å². The first-order valence-corrected chi connectivity index (χ1v) is 3.19. The number of ether oxygens (including phenoxy) is 1. The van der Waals surface area contributed by atoms with E-state index >= 15 is 0 Å². The zero-order chi connectivity index (χ0) is 7.72. The average Bonchev–Trinajstić information content (AvgIpc) is 1.98. The summed E-state index contributed by atoms with van der Waals surface area (Å²) in [6, 6.07) is -0.0903. The molecule has 1 aliphatic heterocycles. The smallest absolute Gasteiger partial charge is 0.409 e. The van der Waals surface area contributed by atoms with Crippen LogP contribution in [0.5, 0.6) is 0 Å². The van der Waals surface area contributed by atoms with Gasteiger partial charge in [-0.05, 0) is 6.92 Å². The zero-order valence-corrected chi connectivity index (χ0v) is 6.07. The van der Waals surface area contributed by atoms with Crippen molar-refractivity contribution in [3.8, 4) is 0 Å². The number of hydrogen-bond donors (Lipinski definition) is 1. The molecule has 1 fully saturated rings. The second-order valence-electron chi connectivity index (χ2n) is 2.43. The fourth-order valence-electron chi connectivity index (χ4n) is 0.948. The van der Waals surface area contributed by atoms with Gasteiger partial charge in [-0.3, -0.25) is 0 Å². The van der Waals surface area contributed by atoms with E-state index in [9.17, 15) is 4.79 Å². The van der Waals surface area contributed by atoms with Gasteiger partial charge >= 0.3 is 6.09 Å². The summed E-state index contributed by atoms with van der Waals surface area (Å²) < 4.78 is 4.45. The van der Waals surface area contributed by atoms with E-state index in [2.05, 4.69) is 4.74 Å². The molecule has 58 valence electrons. The van der Waals surface area contributed by atoms with Crippen molar-refractivity contribution in [2.45, 2.75) is 19.1 Å². The average molecular weight is 145 g/mol. The van der Waals surface area contributed by atoms with Crippen LogP contribution in [0.4, 0.5) is 4.79 Å². The van der Waals surface area contributed by atoms with Crippen molar-refractivity contribution in [1.29, 1.82) is 0 Å². The molecule has 1 saturated heterocycles. The van der Waals surface area contributed by atoms with Gasteiger partial charge in [-0.15, -0.1) is 0 Å². The number of amides is 1. The third-order valence-electron chi connectivity index (χ3n) is 1.84. The number of nitrogens with zero attached hydrogens (tertiary/aromatic N) is 1. The van der Waals surface area contributed by atoms with E-state index in [1.165, 1.54) is 12.0 Å². The molecule has 0 spiro atoms. The maximum absolute atomic E-state index is 10.7. The molecule has 4 heteroatoms. The maximum atomic E-state index is 10.7. The Labute approximate surface area is 59.4 Å². The summed E-state index contributed by atoms with van der Waals surface area (Å²) in [7, 11) is 1.33. The first-order chi connectivity index (χ1) is 4.66. The molecular formula is C6H11NO3. The number of β-amino-alcohol motifs (C(OH)–C–C–N with tert-alkyl or cyclic N) is 1. The highest BCUT2D eigenvalue weighted by atomic mass is 16.5. The number of carbonyl (C=O) groups excluding carboxylic acids is 1. The van der Waals surface area contributed by atoms with Gasteiger partial charge in [-0.1, -0.05) is 0 Å². The highest BCUT2D eigenvalue weighted by molar-refractivity contribution is 5.69. The Balaban J connectivity index is 2.40. The van der Waals surface area contributed by atoms with Crippen molar-refractivity contribution < 1.29 is 14.6 Å². The maximum Gasteiger partial charge on any atom is 0.409 e. The van der Waals surface area contributed by atoms with Crippen LogP contribution in [-0.2, 0) is 4.74 Å². The molecule has 1 heterocycles. The molecule has 10 heavy (non-hydrogen) atoms. The molecule has 0 aliphatic carbocycles. The minimum atomic E-state index is -0.376. The number of aliphatic hydroxyl groups excluding tert-OH is 1. The molecule has 2 atom stereocenters. The van der Waals surface area contributed by atoms with Crippen LogP contribution in [0.25, 0.3) is 0 Å². The summed E-state index contributed by atoms with van der Waals surface area (Å²) in [5, 5.41) is 8.98. The number of carbonyl (C=O) groups is 1. The van der Waals surface area contributed by atoms with Crippen LogP contribution in [-0.4, -0.2) is 41.9 Å². The molecule has 0 bridgehead atoms. The quantitative estimate of drug-likeness (QED) is 0.514. The zero-order valence-electron chi connectivity index (χ0n) is 6.07. The lowest BCUT2D eigenvalue weighted by molar-refractivity contribution is -0.0417. The Morgan fingerprint density at radius 3 is 2.70 bits per heavy atom. The molecular weight excluding hydrogens is 134 g/mol. The summed E-state index contributed by atoms with van der Waals surface area (Å²) >= 11 is 0. The minimum Gasteiger partial charge on any atom is -0.453 e. The second-order valence-corrected chi connectivity index (χ2v) is 2.43. The largest absolute Gasteiger partial charge is 0.453 e. The molecule has 0 aromatic carbocycles. The van der Waals surface area contributed by atoms with Crippen LogP contribution in [0.2, 0.25) is 0 Å². The van der Waals surface area contributed by atoms with Crippen molar-refractivity contribution in [1.82, 2.24) is 4.90 Å². The molecule has 0 unspecified atom stereocenters. The lowest BCUT2D eigenvalue weighted by Gasteiger charge is -2.41. The normalized spacial score (nSPS) is 31.3. The third kappa shape index (κ3) is 0.945. The van der Waals surface area contributed by atoms with Crippen LogP contribution in [0, 0.1) is 0 Å². The number of methoxy groups -OCH3 is 1. The number of likely N-dealkylation sites (tertiary alicyclic amines) is 1. The van der Waals surface area contributed by atoms with Crippen LogP contribution < -0.4 is 0 Å². The van der Waals surface area contributed by atoms with Crippen LogP contribution in [0.1, 0.15) is 6.92 Å². The Hall–Kier alpha value is -0.770. The molecule has 0 aromatic heterocycles. The molecule has 1 rings (SSSR count). The summed E-state index contributed by atoms with van der Waals surface area (Å²) in [5.74, 6) is 0. The molecule has 0 aromatic rings. The monoisotopic (exact) mass is 145 g/mol. The fourth-order valence-corrected chi connectivity index (χ4v) is 0.948. The Bertz CT molecular complexity index is 148. The van der Waals surface area contributed by atoms with Crippen LogP contribution in [0.15, 0.2) is 0 Å². The first kappa shape index (κ1) is 7.34. The van der Waals surface area contributed by atoms with Crippen molar-refractivity contribution in [3.05, 3.63) is 0 Å². The lowest BCUT2D eigenvalue weighted by Crippen LogP contribution is -2.60. The van der Waals surface area contributed by atoms with Crippen molar-refractivity contribution >= 4 is 6.09 Å². The van der Waals surface area contributed by atoms with Gasteiger partial charge in [0.25, 0.3) is 0 Å². The topological polar surface area (TPSA) is 49.8 Å². The van der Waals surface area contributed by atoms with Crippen LogP contribution >= 0.6 is 0 Å². The van der Waals surface area contributed by atoms with Gasteiger partial charge in [0.2, 0.25) is 0 Å². The predicted molar refractivity (Wildman–Crippen MR) is 34.6 cm³/mol. The summed E-state index contributed by atoms with van der Waals surface area (Å²) in [6.07, 6.45) is -0.739. The van der Waals surface area contributed by atoms with Gasteiger partial charge < -0.3 is 14.7 Å². The van der Waals surface area contributed by atoms with Gasteiger partial charge in [0.15, 0.2) is 0 Å². The Kier molecular flexibility index (Phi) is 1.80. The van der Waals surface area contributed by atoms with E-state index in [-0.39, 0.29) is 18.2 Å². The van der Waals surface area contributed by atoms with Gasteiger partial charge in [0.1, 0.15) is 0 Å². The standard InChI is InChI=1S/C6H11NO3/c1-4-5(8)3-7(4)6(9)10-2/h4-5,8H,3H2,1-2H3/t4-,5+/m1/s1. The summed E-state index contributed by atoms with van der Waals surface area (Å²) in [5.41, 5.74) is 0. The molecule has 1 amide bonds. The fraction of sp³-hybridized carbons (Fsp3) is 0.833. The van der Waals surface area contributed by atoms with Crippen molar-refractivity contribution in [2.24, 2.45) is 0 Å². The predicted octanol–water partition coefficient (Wildman–Crippen LogP) is -0.182. The SMILES string of the molecule is COC(=O)N1C[C@H](O)[C@H]1C. The van der Waals surface area contributed by atoms with Crippen LogP contribution in [0.3, 0.4) is 0 Å². The van der Waals surface area contributed by atoms with E-state index in [0.29, 0.717) is 6.54 Å². The van der Waals surface area contributed by atoms with E-state index in [4.69, 9.17) is 5.11 Å². The van der Waals surface area contributed by atoms with Gasteiger partial charge in [-0.25, -0.2) is 4.79 Å². The first-order valence-electron chi connectivity index (χ1n) is 3.19. The number of rotatable bonds is 0. The highest BCUT2D eigenvalue weighted by Gasteiger charge is 2.37. The van der Waals surface area contributed by atoms with Gasteiger partial charge in [-0.2, -0.15) is 0 Å². The molecule has 0 saturated carbocycles. The second kappa shape index (κ2) is 2.46. The molecule has 0 radical (unpaired) electrons. The van der Waals surface area contributed by atoms with E-state index < -0.39 is 0 Å². The lowest BCUT2D eigenvalue weighted by atomic mass is 10.0. The summed E-state index contributed by atoms with van der Waals surface area (Å²) in [6.45, 7) is 2.18. The number of aliphatic hydroxyl groups is 1. The third-order valence-corrected chi connectivity index (χ3v) is 1.84. The van der Waals surface area contributed by atoms with Gasteiger partial charge in [0, 0.05) is 0 Å². The molecule has 1 aliphatic rings. The van der Waals surface area contributed by atoms with Crippen molar-refractivity contribution in [2.75, 3.05) is 13.7 Å².